The lowest BCUT2D eigenvalue weighted by Gasteiger charge is -2.13. The van der Waals surface area contributed by atoms with Crippen LogP contribution >= 0.6 is 27.5 Å². The summed E-state index contributed by atoms with van der Waals surface area (Å²) in [6, 6.07) is 5.35. The summed E-state index contributed by atoms with van der Waals surface area (Å²) < 4.78 is 6.11. The van der Waals surface area contributed by atoms with Gasteiger partial charge in [-0.2, -0.15) is 0 Å². The van der Waals surface area contributed by atoms with Gasteiger partial charge in [0.1, 0.15) is 11.6 Å². The van der Waals surface area contributed by atoms with Gasteiger partial charge in [0.15, 0.2) is 5.82 Å². The zero-order valence-electron chi connectivity index (χ0n) is 12.2. The Hall–Kier alpha value is -1.33. The zero-order chi connectivity index (χ0) is 15.6. The lowest BCUT2D eigenvalue weighted by molar-refractivity contribution is 0.416. The largest absolute Gasteiger partial charge is 0.496 e. The number of rotatable bonds is 4. The summed E-state index contributed by atoms with van der Waals surface area (Å²) in [6.07, 6.45) is 0.816. The summed E-state index contributed by atoms with van der Waals surface area (Å²) >= 11 is 9.45. The Labute approximate surface area is 137 Å². The fraction of sp³-hybridized carbons (Fsp3) is 0.333. The van der Waals surface area contributed by atoms with Crippen LogP contribution in [-0.2, 0) is 6.42 Å². The van der Waals surface area contributed by atoms with Gasteiger partial charge in [0, 0.05) is 5.02 Å². The fourth-order valence-corrected chi connectivity index (χ4v) is 2.51. The number of aromatic nitrogens is 2. The van der Waals surface area contributed by atoms with Crippen molar-refractivity contribution in [3.8, 4) is 17.1 Å². The van der Waals surface area contributed by atoms with Crippen LogP contribution in [0.3, 0.4) is 0 Å². The average Bonchev–Trinajstić information content (AvgIpc) is 2.43. The van der Waals surface area contributed by atoms with Crippen LogP contribution in [0.15, 0.2) is 22.7 Å². The molecule has 0 amide bonds. The third kappa shape index (κ3) is 3.66. The Bertz CT molecular complexity index is 662. The highest BCUT2D eigenvalue weighted by Gasteiger charge is 2.15. The summed E-state index contributed by atoms with van der Waals surface area (Å²) in [5.74, 6) is 2.06. The molecule has 0 bridgehead atoms. The molecule has 1 aromatic heterocycles. The lowest BCUT2D eigenvalue weighted by Crippen LogP contribution is -2.06. The van der Waals surface area contributed by atoms with Crippen molar-refractivity contribution in [2.45, 2.75) is 20.3 Å². The Morgan fingerprint density at radius 2 is 2.05 bits per heavy atom. The van der Waals surface area contributed by atoms with Crippen LogP contribution < -0.4 is 10.5 Å². The van der Waals surface area contributed by atoms with Gasteiger partial charge in [0.2, 0.25) is 0 Å². The molecule has 0 aliphatic carbocycles. The van der Waals surface area contributed by atoms with Gasteiger partial charge in [-0.3, -0.25) is 0 Å². The van der Waals surface area contributed by atoms with E-state index in [0.717, 1.165) is 22.2 Å². The minimum absolute atomic E-state index is 0.424. The van der Waals surface area contributed by atoms with Gasteiger partial charge in [0.05, 0.1) is 22.8 Å². The molecule has 0 aliphatic heterocycles. The van der Waals surface area contributed by atoms with Gasteiger partial charge in [-0.05, 0) is 46.5 Å². The van der Waals surface area contributed by atoms with Gasteiger partial charge < -0.3 is 10.5 Å². The second-order valence-electron chi connectivity index (χ2n) is 5.14. The van der Waals surface area contributed by atoms with E-state index in [-0.39, 0.29) is 0 Å². The molecule has 2 rings (SSSR count). The molecule has 0 saturated carbocycles. The van der Waals surface area contributed by atoms with Crippen molar-refractivity contribution < 1.29 is 4.74 Å². The first-order chi connectivity index (χ1) is 9.92. The predicted molar refractivity (Wildman–Crippen MR) is 89.7 cm³/mol. The van der Waals surface area contributed by atoms with Crippen LogP contribution in [0.25, 0.3) is 11.4 Å². The molecule has 0 spiro atoms. The number of hydrogen-bond donors (Lipinski definition) is 1. The number of halogens is 2. The van der Waals surface area contributed by atoms with Crippen LogP contribution in [0, 0.1) is 5.92 Å². The van der Waals surface area contributed by atoms with Gasteiger partial charge in [0.25, 0.3) is 0 Å². The van der Waals surface area contributed by atoms with Crippen molar-refractivity contribution in [2.75, 3.05) is 12.8 Å². The van der Waals surface area contributed by atoms with E-state index in [1.807, 2.05) is 6.07 Å². The van der Waals surface area contributed by atoms with Gasteiger partial charge in [-0.15, -0.1) is 0 Å². The average molecular weight is 371 g/mol. The molecule has 0 saturated heterocycles. The molecule has 6 heteroatoms. The molecule has 2 N–H and O–H groups in total. The van der Waals surface area contributed by atoms with Crippen LogP contribution in [0.5, 0.6) is 5.75 Å². The first-order valence-electron chi connectivity index (χ1n) is 6.58. The normalized spacial score (nSPS) is 11.0. The Morgan fingerprint density at radius 1 is 1.33 bits per heavy atom. The summed E-state index contributed by atoms with van der Waals surface area (Å²) in [5.41, 5.74) is 7.65. The summed E-state index contributed by atoms with van der Waals surface area (Å²) in [7, 11) is 1.59. The molecule has 1 heterocycles. The van der Waals surface area contributed by atoms with Crippen molar-refractivity contribution in [1.29, 1.82) is 0 Å². The third-order valence-electron chi connectivity index (χ3n) is 2.95. The van der Waals surface area contributed by atoms with Gasteiger partial charge in [-0.1, -0.05) is 25.4 Å². The maximum atomic E-state index is 5.99. The number of nitrogen functional groups attached to an aromatic ring is 1. The topological polar surface area (TPSA) is 61.0 Å². The molecule has 0 aliphatic rings. The van der Waals surface area contributed by atoms with E-state index in [4.69, 9.17) is 22.1 Å². The van der Waals surface area contributed by atoms with Crippen LogP contribution in [-0.4, -0.2) is 17.1 Å². The maximum Gasteiger partial charge on any atom is 0.165 e. The molecule has 112 valence electrons. The summed E-state index contributed by atoms with van der Waals surface area (Å²) in [4.78, 5) is 8.97. The smallest absolute Gasteiger partial charge is 0.165 e. The highest BCUT2D eigenvalue weighted by atomic mass is 79.9. The van der Waals surface area contributed by atoms with Crippen LogP contribution in [0.4, 0.5) is 5.82 Å². The molecule has 2 aromatic rings. The molecule has 21 heavy (non-hydrogen) atoms. The fourth-order valence-electron chi connectivity index (χ4n) is 2.01. The second kappa shape index (κ2) is 6.62. The quantitative estimate of drug-likeness (QED) is 0.869. The van der Waals surface area contributed by atoms with E-state index in [1.54, 1.807) is 19.2 Å². The van der Waals surface area contributed by atoms with E-state index < -0.39 is 0 Å². The van der Waals surface area contributed by atoms with Crippen molar-refractivity contribution in [3.63, 3.8) is 0 Å². The predicted octanol–water partition coefficient (Wildman–Crippen LogP) is 4.35. The highest BCUT2D eigenvalue weighted by molar-refractivity contribution is 9.10. The minimum Gasteiger partial charge on any atom is -0.496 e. The summed E-state index contributed by atoms with van der Waals surface area (Å²) in [5, 5.41) is 0.600. The molecule has 0 unspecified atom stereocenters. The number of nitrogens with two attached hydrogens (primary N) is 1. The minimum atomic E-state index is 0.424. The van der Waals surface area contributed by atoms with E-state index in [1.165, 1.54) is 0 Å². The number of methoxy groups -OCH3 is 1. The van der Waals surface area contributed by atoms with E-state index >= 15 is 0 Å². The lowest BCUT2D eigenvalue weighted by atomic mass is 10.1. The first kappa shape index (κ1) is 16.0. The molecular formula is C15H17BrClN3O. The number of hydrogen-bond acceptors (Lipinski definition) is 4. The number of nitrogens with zero attached hydrogens (tertiary/aromatic N) is 2. The molecule has 0 fully saturated rings. The van der Waals surface area contributed by atoms with Crippen LogP contribution in [0.1, 0.15) is 19.5 Å². The van der Waals surface area contributed by atoms with Gasteiger partial charge >= 0.3 is 0 Å². The second-order valence-corrected chi connectivity index (χ2v) is 6.37. The monoisotopic (exact) mass is 369 g/mol. The maximum absolute atomic E-state index is 5.99. The number of ether oxygens (including phenoxy) is 1. The van der Waals surface area contributed by atoms with E-state index in [2.05, 4.69) is 39.7 Å². The molecule has 1 aromatic carbocycles. The van der Waals surface area contributed by atoms with E-state index in [0.29, 0.717) is 28.3 Å². The van der Waals surface area contributed by atoms with Gasteiger partial charge in [-0.25, -0.2) is 9.97 Å². The van der Waals surface area contributed by atoms with Crippen molar-refractivity contribution in [1.82, 2.24) is 9.97 Å². The zero-order valence-corrected chi connectivity index (χ0v) is 14.5. The molecule has 0 atom stereocenters. The molecule has 4 nitrogen and oxygen atoms in total. The Kier molecular flexibility index (Phi) is 5.06. The third-order valence-corrected chi connectivity index (χ3v) is 4.05. The molecular weight excluding hydrogens is 354 g/mol. The molecule has 0 radical (unpaired) electrons. The highest BCUT2D eigenvalue weighted by Crippen LogP contribution is 2.33. The Balaban J connectivity index is 2.56. The first-order valence-corrected chi connectivity index (χ1v) is 7.75. The van der Waals surface area contributed by atoms with Crippen molar-refractivity contribution in [3.05, 3.63) is 33.4 Å². The SMILES string of the molecule is COc1cc(Cl)ccc1-c1nc(N)c(Br)c(CC(C)C)n1. The number of benzene rings is 1. The van der Waals surface area contributed by atoms with E-state index in [9.17, 15) is 0 Å². The van der Waals surface area contributed by atoms with Crippen molar-refractivity contribution >= 4 is 33.3 Å². The Morgan fingerprint density at radius 3 is 2.67 bits per heavy atom. The van der Waals surface area contributed by atoms with Crippen LogP contribution in [0.2, 0.25) is 5.02 Å². The summed E-state index contributed by atoms with van der Waals surface area (Å²) in [6.45, 7) is 4.26. The van der Waals surface area contributed by atoms with Crippen molar-refractivity contribution in [2.24, 2.45) is 5.92 Å². The standard InChI is InChI=1S/C15H17BrClN3O/c1-8(2)6-11-13(16)14(18)20-15(19-11)10-5-4-9(17)7-12(10)21-3/h4-5,7-8H,6H2,1-3H3,(H2,18,19,20). The number of anilines is 1.